The number of aliphatic hydroxyl groups excluding tert-OH is 3. The Bertz CT molecular complexity index is 1210. The van der Waals surface area contributed by atoms with Crippen LogP contribution in [0, 0.1) is 46.3 Å². The van der Waals surface area contributed by atoms with E-state index in [1.165, 1.54) is 11.3 Å². The Balaban J connectivity index is 1.10. The molecule has 4 saturated carbocycles. The summed E-state index contributed by atoms with van der Waals surface area (Å²) in [4.78, 5) is 21.7. The van der Waals surface area contributed by atoms with E-state index < -0.39 is 6.10 Å². The first kappa shape index (κ1) is 28.3. The second-order valence-corrected chi connectivity index (χ2v) is 14.7. The van der Waals surface area contributed by atoms with E-state index in [9.17, 15) is 20.1 Å². The molecular formula is C32H45N3O4S. The van der Waals surface area contributed by atoms with E-state index >= 15 is 0 Å². The van der Waals surface area contributed by atoms with Gasteiger partial charge in [-0.2, -0.15) is 0 Å². The van der Waals surface area contributed by atoms with Gasteiger partial charge in [-0.3, -0.25) is 9.78 Å². The molecule has 0 unspecified atom stereocenters. The summed E-state index contributed by atoms with van der Waals surface area (Å²) in [5, 5.41) is 39.1. The van der Waals surface area contributed by atoms with Crippen LogP contribution < -0.4 is 5.32 Å². The zero-order chi connectivity index (χ0) is 28.2. The minimum atomic E-state index is -0.405. The van der Waals surface area contributed by atoms with Crippen molar-refractivity contribution in [1.82, 2.24) is 9.97 Å². The second kappa shape index (κ2) is 10.8. The van der Waals surface area contributed by atoms with E-state index in [0.717, 1.165) is 62.8 Å². The van der Waals surface area contributed by atoms with Gasteiger partial charge in [0.05, 0.1) is 24.0 Å². The molecule has 0 bridgehead atoms. The van der Waals surface area contributed by atoms with Gasteiger partial charge in [0.2, 0.25) is 5.91 Å². The van der Waals surface area contributed by atoms with Crippen LogP contribution in [0.2, 0.25) is 0 Å². The number of amides is 1. The standard InChI is InChI=1S/C32H45N3O4S/c1-18(7-10-28(39)35-30-34-25(17-40-30)24-6-4-5-13-33-24)21-8-9-22-29-23(16-27(38)32(21,22)3)31(2)12-11-20(36)14-19(31)15-26(29)37/h4-6,13,17-23,26-27,29,36-38H,7-12,14-16H2,1-3H3,(H,34,35,39)/t18-,19+,20-,21-,22+,23+,26-,27+,29+,31+,32-/m1/s1. The van der Waals surface area contributed by atoms with E-state index in [2.05, 4.69) is 36.1 Å². The van der Waals surface area contributed by atoms with Crippen LogP contribution in [-0.4, -0.2) is 49.5 Å². The summed E-state index contributed by atoms with van der Waals surface area (Å²) in [5.74, 6) is 1.72. The fourth-order valence-corrected chi connectivity index (χ4v) is 10.6. The van der Waals surface area contributed by atoms with Gasteiger partial charge < -0.3 is 20.6 Å². The summed E-state index contributed by atoms with van der Waals surface area (Å²) in [6, 6.07) is 5.70. The van der Waals surface area contributed by atoms with Crippen molar-refractivity contribution in [2.45, 2.75) is 96.9 Å². The highest BCUT2D eigenvalue weighted by molar-refractivity contribution is 7.14. The number of fused-ring (bicyclic) bond motifs is 5. The highest BCUT2D eigenvalue weighted by atomic mass is 32.1. The Hall–Kier alpha value is -1.87. The number of aromatic nitrogens is 2. The molecule has 4 fully saturated rings. The van der Waals surface area contributed by atoms with Crippen LogP contribution in [0.1, 0.15) is 78.6 Å². The van der Waals surface area contributed by atoms with Gasteiger partial charge in [-0.25, -0.2) is 4.98 Å². The van der Waals surface area contributed by atoms with Crippen molar-refractivity contribution in [2.24, 2.45) is 46.3 Å². The van der Waals surface area contributed by atoms with Gasteiger partial charge in [0, 0.05) is 18.0 Å². The van der Waals surface area contributed by atoms with Crippen molar-refractivity contribution in [1.29, 1.82) is 0 Å². The Labute approximate surface area is 241 Å². The number of carbonyl (C=O) groups is 1. The van der Waals surface area contributed by atoms with E-state index in [1.807, 2.05) is 23.6 Å². The molecule has 0 aromatic carbocycles. The molecule has 4 aliphatic rings. The SMILES string of the molecule is C[C@H](CCC(=O)Nc1nc(-c2ccccn2)cs1)[C@H]1CC[C@H]2[C@@H]3[C@H](O)C[C@@H]4C[C@H](O)CC[C@]4(C)[C@H]3C[C@H](O)[C@]12C. The predicted octanol–water partition coefficient (Wildman–Crippen LogP) is 5.52. The molecule has 8 heteroatoms. The van der Waals surface area contributed by atoms with Crippen molar-refractivity contribution < 1.29 is 20.1 Å². The van der Waals surface area contributed by atoms with Gasteiger partial charge in [0.1, 0.15) is 5.69 Å². The lowest BCUT2D eigenvalue weighted by Gasteiger charge is -2.63. The van der Waals surface area contributed by atoms with Gasteiger partial charge >= 0.3 is 0 Å². The van der Waals surface area contributed by atoms with Crippen LogP contribution in [0.15, 0.2) is 29.8 Å². The maximum atomic E-state index is 12.9. The van der Waals surface area contributed by atoms with Crippen LogP contribution in [0.25, 0.3) is 11.4 Å². The molecule has 6 rings (SSSR count). The number of hydrogen-bond donors (Lipinski definition) is 4. The molecule has 4 N–H and O–H groups in total. The molecule has 0 aliphatic heterocycles. The summed E-state index contributed by atoms with van der Waals surface area (Å²) < 4.78 is 0. The van der Waals surface area contributed by atoms with Crippen LogP contribution in [0.3, 0.4) is 0 Å². The third kappa shape index (κ3) is 4.73. The average Bonchev–Trinajstić information content (AvgIpc) is 3.54. The second-order valence-electron chi connectivity index (χ2n) is 13.8. The number of anilines is 1. The number of aliphatic hydroxyl groups is 3. The van der Waals surface area contributed by atoms with Crippen molar-refractivity contribution in [3.63, 3.8) is 0 Å². The lowest BCUT2D eigenvalue weighted by molar-refractivity contribution is -0.207. The van der Waals surface area contributed by atoms with Crippen molar-refractivity contribution >= 4 is 22.4 Å². The highest BCUT2D eigenvalue weighted by Gasteiger charge is 2.65. The minimum absolute atomic E-state index is 0.0288. The zero-order valence-corrected chi connectivity index (χ0v) is 24.8. The number of nitrogens with zero attached hydrogens (tertiary/aromatic N) is 2. The molecule has 2 heterocycles. The lowest BCUT2D eigenvalue weighted by atomic mass is 9.43. The Morgan fingerprint density at radius 1 is 1.10 bits per heavy atom. The van der Waals surface area contributed by atoms with Gasteiger partial charge in [-0.15, -0.1) is 11.3 Å². The summed E-state index contributed by atoms with van der Waals surface area (Å²) in [6.07, 6.45) is 8.08. The number of carbonyl (C=O) groups excluding carboxylic acids is 1. The molecule has 0 spiro atoms. The number of nitrogens with one attached hydrogen (secondary N) is 1. The van der Waals surface area contributed by atoms with Gasteiger partial charge in [0.15, 0.2) is 5.13 Å². The quantitative estimate of drug-likeness (QED) is 0.365. The summed E-state index contributed by atoms with van der Waals surface area (Å²) >= 11 is 1.41. The monoisotopic (exact) mass is 567 g/mol. The Morgan fingerprint density at radius 3 is 2.70 bits per heavy atom. The normalized spacial score (nSPS) is 41.5. The van der Waals surface area contributed by atoms with Crippen molar-refractivity contribution in [2.75, 3.05) is 5.32 Å². The molecule has 0 radical (unpaired) electrons. The third-order valence-electron chi connectivity index (χ3n) is 12.0. The molecular weight excluding hydrogens is 522 g/mol. The smallest absolute Gasteiger partial charge is 0.226 e. The molecule has 2 aromatic heterocycles. The first-order chi connectivity index (χ1) is 19.1. The Kier molecular flexibility index (Phi) is 7.60. The van der Waals surface area contributed by atoms with Gasteiger partial charge in [0.25, 0.3) is 0 Å². The summed E-state index contributed by atoms with van der Waals surface area (Å²) in [5.41, 5.74) is 1.39. The maximum absolute atomic E-state index is 12.9. The van der Waals surface area contributed by atoms with Crippen molar-refractivity contribution in [3.8, 4) is 11.4 Å². The Morgan fingerprint density at radius 2 is 1.93 bits per heavy atom. The first-order valence-corrected chi connectivity index (χ1v) is 16.2. The fourth-order valence-electron chi connectivity index (χ4n) is 9.84. The minimum Gasteiger partial charge on any atom is -0.393 e. The van der Waals surface area contributed by atoms with E-state index in [-0.39, 0.29) is 34.9 Å². The molecule has 2 aromatic rings. The molecule has 40 heavy (non-hydrogen) atoms. The molecule has 4 aliphatic carbocycles. The maximum Gasteiger partial charge on any atom is 0.226 e. The first-order valence-electron chi connectivity index (χ1n) is 15.3. The van der Waals surface area contributed by atoms with Gasteiger partial charge in [-0.1, -0.05) is 26.8 Å². The summed E-state index contributed by atoms with van der Waals surface area (Å²) in [7, 11) is 0. The zero-order valence-electron chi connectivity index (χ0n) is 24.0. The lowest BCUT2D eigenvalue weighted by Crippen LogP contribution is -2.62. The van der Waals surface area contributed by atoms with E-state index in [4.69, 9.17) is 0 Å². The van der Waals surface area contributed by atoms with Crippen LogP contribution in [0.4, 0.5) is 5.13 Å². The molecule has 0 saturated heterocycles. The molecule has 218 valence electrons. The fraction of sp³-hybridized carbons (Fsp3) is 0.719. The third-order valence-corrected chi connectivity index (χ3v) is 12.8. The van der Waals surface area contributed by atoms with Crippen LogP contribution in [0.5, 0.6) is 0 Å². The van der Waals surface area contributed by atoms with Crippen molar-refractivity contribution in [3.05, 3.63) is 29.8 Å². The van der Waals surface area contributed by atoms with Gasteiger partial charge in [-0.05, 0) is 110 Å². The van der Waals surface area contributed by atoms with E-state index in [0.29, 0.717) is 41.1 Å². The highest BCUT2D eigenvalue weighted by Crippen LogP contribution is 2.68. The largest absolute Gasteiger partial charge is 0.393 e. The number of pyridine rings is 1. The summed E-state index contributed by atoms with van der Waals surface area (Å²) in [6.45, 7) is 6.88. The molecule has 11 atom stereocenters. The average molecular weight is 568 g/mol. The number of thiazole rings is 1. The van der Waals surface area contributed by atoms with Crippen LogP contribution >= 0.6 is 11.3 Å². The van der Waals surface area contributed by atoms with E-state index in [1.54, 1.807) is 6.20 Å². The van der Waals surface area contributed by atoms with Crippen LogP contribution in [-0.2, 0) is 4.79 Å². The number of hydrogen-bond acceptors (Lipinski definition) is 7. The number of rotatable bonds is 6. The topological polar surface area (TPSA) is 116 Å². The molecule has 7 nitrogen and oxygen atoms in total. The predicted molar refractivity (Wildman–Crippen MR) is 156 cm³/mol. The molecule has 1 amide bonds.